The summed E-state index contributed by atoms with van der Waals surface area (Å²) in [5.74, 6) is -0.622. The number of hydrogen-bond acceptors (Lipinski definition) is 7. The number of amides is 2. The molecule has 2 aromatic carbocycles. The van der Waals surface area contributed by atoms with Gasteiger partial charge in [0.05, 0.1) is 22.5 Å². The Morgan fingerprint density at radius 3 is 2.40 bits per heavy atom. The van der Waals surface area contributed by atoms with E-state index in [-0.39, 0.29) is 46.7 Å². The number of rotatable bonds is 11. The van der Waals surface area contributed by atoms with Crippen LogP contribution in [0.2, 0.25) is 0 Å². The molecule has 4 rings (SSSR count). The van der Waals surface area contributed by atoms with Crippen LogP contribution in [0.1, 0.15) is 44.1 Å². The largest absolute Gasteiger partial charge is 0.343 e. The second-order valence-electron chi connectivity index (χ2n) is 10.6. The Balaban J connectivity index is 1.37. The van der Waals surface area contributed by atoms with Crippen molar-refractivity contribution in [2.24, 2.45) is 11.8 Å². The maximum Gasteiger partial charge on any atom is 0.233 e. The SMILES string of the molecule is N#CCNC(=O)C1CCCCC1CS(=O)(=O)c1ccc(SCC(=O)N(Cc2ccccc2)C2CCNCC2)cc1. The molecule has 1 heterocycles. The smallest absolute Gasteiger partial charge is 0.233 e. The Morgan fingerprint density at radius 1 is 1.00 bits per heavy atom. The van der Waals surface area contributed by atoms with Crippen LogP contribution in [0.25, 0.3) is 0 Å². The molecule has 1 saturated heterocycles. The lowest BCUT2D eigenvalue weighted by Gasteiger charge is -2.35. The van der Waals surface area contributed by atoms with Gasteiger partial charge in [0.2, 0.25) is 11.8 Å². The summed E-state index contributed by atoms with van der Waals surface area (Å²) >= 11 is 1.42. The van der Waals surface area contributed by atoms with Crippen molar-refractivity contribution in [3.63, 3.8) is 0 Å². The van der Waals surface area contributed by atoms with Gasteiger partial charge in [0, 0.05) is 23.4 Å². The standard InChI is InChI=1S/C30H38N4O4S2/c31-16-19-33-30(36)28-9-5-4-8-24(28)22-40(37,38)27-12-10-26(11-13-27)39-21-29(35)34(25-14-17-32-18-15-25)20-23-6-2-1-3-7-23/h1-3,6-7,10-13,24-25,28,32H,4-5,8-9,14-15,17-22H2,(H,33,36). The first-order valence-electron chi connectivity index (χ1n) is 14.0. The zero-order valence-electron chi connectivity index (χ0n) is 22.8. The van der Waals surface area contributed by atoms with E-state index < -0.39 is 15.8 Å². The number of nitriles is 1. The normalized spacial score (nSPS) is 19.9. The first-order chi connectivity index (χ1) is 19.4. The molecule has 214 valence electrons. The lowest BCUT2D eigenvalue weighted by atomic mass is 9.80. The van der Waals surface area contributed by atoms with Crippen molar-refractivity contribution < 1.29 is 18.0 Å². The van der Waals surface area contributed by atoms with Crippen LogP contribution in [0.4, 0.5) is 0 Å². The van der Waals surface area contributed by atoms with E-state index in [0.717, 1.165) is 49.2 Å². The molecular weight excluding hydrogens is 544 g/mol. The van der Waals surface area contributed by atoms with Crippen molar-refractivity contribution in [3.05, 3.63) is 60.2 Å². The lowest BCUT2D eigenvalue weighted by Crippen LogP contribution is -2.46. The summed E-state index contributed by atoms with van der Waals surface area (Å²) in [5.41, 5.74) is 1.11. The van der Waals surface area contributed by atoms with Gasteiger partial charge in [-0.05, 0) is 74.5 Å². The maximum absolute atomic E-state index is 13.4. The Hall–Kier alpha value is -2.87. The van der Waals surface area contributed by atoms with Gasteiger partial charge in [-0.1, -0.05) is 43.2 Å². The summed E-state index contributed by atoms with van der Waals surface area (Å²) in [6.07, 6.45) is 4.95. The van der Waals surface area contributed by atoms with Crippen LogP contribution in [-0.2, 0) is 26.0 Å². The van der Waals surface area contributed by atoms with E-state index in [0.29, 0.717) is 19.4 Å². The zero-order valence-corrected chi connectivity index (χ0v) is 24.4. The van der Waals surface area contributed by atoms with Crippen molar-refractivity contribution in [1.82, 2.24) is 15.5 Å². The highest BCUT2D eigenvalue weighted by Gasteiger charge is 2.34. The molecule has 10 heteroatoms. The van der Waals surface area contributed by atoms with Crippen molar-refractivity contribution in [2.45, 2.75) is 60.9 Å². The summed E-state index contributed by atoms with van der Waals surface area (Å²) in [6, 6.07) is 18.9. The second-order valence-corrected chi connectivity index (χ2v) is 13.6. The number of carbonyl (C=O) groups excluding carboxylic acids is 2. The number of nitrogens with one attached hydrogen (secondary N) is 2. The van der Waals surface area contributed by atoms with Crippen molar-refractivity contribution in [2.75, 3.05) is 31.1 Å². The molecule has 2 amide bonds. The van der Waals surface area contributed by atoms with Crippen LogP contribution in [0, 0.1) is 23.2 Å². The summed E-state index contributed by atoms with van der Waals surface area (Å²) in [5, 5.41) is 14.7. The molecule has 2 unspecified atom stereocenters. The zero-order chi connectivity index (χ0) is 28.4. The van der Waals surface area contributed by atoms with Crippen LogP contribution in [0.3, 0.4) is 0 Å². The minimum absolute atomic E-state index is 0.0711. The number of benzene rings is 2. The number of thioether (sulfide) groups is 1. The minimum atomic E-state index is -3.59. The molecule has 2 aliphatic rings. The molecule has 0 bridgehead atoms. The number of piperidine rings is 1. The highest BCUT2D eigenvalue weighted by Crippen LogP contribution is 2.33. The second kappa shape index (κ2) is 14.7. The van der Waals surface area contributed by atoms with E-state index in [1.807, 2.05) is 41.3 Å². The summed E-state index contributed by atoms with van der Waals surface area (Å²) in [4.78, 5) is 28.9. The number of nitrogens with zero attached hydrogens (tertiary/aromatic N) is 2. The maximum atomic E-state index is 13.4. The summed E-state index contributed by atoms with van der Waals surface area (Å²) < 4.78 is 26.5. The van der Waals surface area contributed by atoms with E-state index in [4.69, 9.17) is 5.26 Å². The van der Waals surface area contributed by atoms with Crippen LogP contribution < -0.4 is 10.6 Å². The first-order valence-corrected chi connectivity index (χ1v) is 16.7. The lowest BCUT2D eigenvalue weighted by molar-refractivity contribution is -0.132. The van der Waals surface area contributed by atoms with Crippen molar-refractivity contribution in [3.8, 4) is 6.07 Å². The van der Waals surface area contributed by atoms with Crippen LogP contribution in [0.15, 0.2) is 64.4 Å². The van der Waals surface area contributed by atoms with E-state index in [1.54, 1.807) is 24.3 Å². The Bertz CT molecular complexity index is 1270. The fourth-order valence-corrected chi connectivity index (χ4v) is 8.17. The predicted octanol–water partition coefficient (Wildman–Crippen LogP) is 3.78. The third kappa shape index (κ3) is 8.32. The number of sulfone groups is 1. The van der Waals surface area contributed by atoms with Gasteiger partial charge in [0.1, 0.15) is 6.54 Å². The number of hydrogen-bond donors (Lipinski definition) is 2. The van der Waals surface area contributed by atoms with Gasteiger partial charge in [-0.3, -0.25) is 9.59 Å². The fourth-order valence-electron chi connectivity index (χ4n) is 5.68. The molecule has 40 heavy (non-hydrogen) atoms. The Kier molecular flexibility index (Phi) is 11.0. The Morgan fingerprint density at radius 2 is 1.70 bits per heavy atom. The topological polar surface area (TPSA) is 119 Å². The average Bonchev–Trinajstić information content (AvgIpc) is 2.98. The molecule has 0 radical (unpaired) electrons. The van der Waals surface area contributed by atoms with E-state index in [9.17, 15) is 18.0 Å². The summed E-state index contributed by atoms with van der Waals surface area (Å²) in [6.45, 7) is 2.31. The van der Waals surface area contributed by atoms with E-state index in [1.165, 1.54) is 11.8 Å². The molecule has 2 atom stereocenters. The first kappa shape index (κ1) is 30.1. The molecule has 2 aromatic rings. The van der Waals surface area contributed by atoms with E-state index >= 15 is 0 Å². The molecule has 2 fully saturated rings. The Labute approximate surface area is 241 Å². The molecule has 0 spiro atoms. The number of carbonyl (C=O) groups is 2. The van der Waals surface area contributed by atoms with Crippen LogP contribution in [0.5, 0.6) is 0 Å². The molecule has 8 nitrogen and oxygen atoms in total. The van der Waals surface area contributed by atoms with Crippen molar-refractivity contribution in [1.29, 1.82) is 5.26 Å². The quantitative estimate of drug-likeness (QED) is 0.306. The van der Waals surface area contributed by atoms with Gasteiger partial charge in [-0.15, -0.1) is 11.8 Å². The fraction of sp³-hybridized carbons (Fsp3) is 0.500. The molecular formula is C30H38N4O4S2. The van der Waals surface area contributed by atoms with Gasteiger partial charge >= 0.3 is 0 Å². The highest BCUT2D eigenvalue weighted by molar-refractivity contribution is 8.00. The van der Waals surface area contributed by atoms with Crippen LogP contribution in [-0.4, -0.2) is 62.3 Å². The predicted molar refractivity (Wildman–Crippen MR) is 156 cm³/mol. The van der Waals surface area contributed by atoms with Gasteiger partial charge in [0.25, 0.3) is 0 Å². The molecule has 1 aliphatic carbocycles. The third-order valence-corrected chi connectivity index (χ3v) is 10.7. The van der Waals surface area contributed by atoms with Gasteiger partial charge < -0.3 is 15.5 Å². The van der Waals surface area contributed by atoms with Gasteiger partial charge in [-0.2, -0.15) is 5.26 Å². The summed E-state index contributed by atoms with van der Waals surface area (Å²) in [7, 11) is -3.59. The minimum Gasteiger partial charge on any atom is -0.343 e. The monoisotopic (exact) mass is 582 g/mol. The van der Waals surface area contributed by atoms with Gasteiger partial charge in [0.15, 0.2) is 9.84 Å². The van der Waals surface area contributed by atoms with Crippen molar-refractivity contribution >= 4 is 33.4 Å². The third-order valence-electron chi connectivity index (χ3n) is 7.83. The average molecular weight is 583 g/mol. The van der Waals surface area contributed by atoms with E-state index in [2.05, 4.69) is 10.6 Å². The highest BCUT2D eigenvalue weighted by atomic mass is 32.2. The molecule has 0 aromatic heterocycles. The van der Waals surface area contributed by atoms with Crippen LogP contribution >= 0.6 is 11.8 Å². The molecule has 1 aliphatic heterocycles. The molecule has 1 saturated carbocycles. The molecule has 2 N–H and O–H groups in total. The van der Waals surface area contributed by atoms with Gasteiger partial charge in [-0.25, -0.2) is 8.42 Å².